The molecule has 4 nitrogen and oxygen atoms in total. The summed E-state index contributed by atoms with van der Waals surface area (Å²) in [5.74, 6) is -0.0400. The average Bonchev–Trinajstić information content (AvgIpc) is 2.76. The van der Waals surface area contributed by atoms with Crippen LogP contribution in [0.15, 0.2) is 0 Å². The molecule has 0 radical (unpaired) electrons. The van der Waals surface area contributed by atoms with Gasteiger partial charge in [0.25, 0.3) is 0 Å². The fourth-order valence-corrected chi connectivity index (χ4v) is 4.46. The summed E-state index contributed by atoms with van der Waals surface area (Å²) in [5, 5.41) is 0. The van der Waals surface area contributed by atoms with E-state index in [0.717, 1.165) is 38.5 Å². The molecule has 0 aromatic rings. The quantitative estimate of drug-likeness (QED) is 0.175. The van der Waals surface area contributed by atoms with Gasteiger partial charge in [0.2, 0.25) is 5.91 Å². The van der Waals surface area contributed by atoms with E-state index in [9.17, 15) is 9.59 Å². The summed E-state index contributed by atoms with van der Waals surface area (Å²) in [5.41, 5.74) is 0. The molecule has 1 fully saturated rings. The molecule has 1 aliphatic carbocycles. The zero-order chi connectivity index (χ0) is 21.9. The standard InChI is InChI=1S/C26H49NO3/c1-3-4-5-6-7-8-9-10-11-12-13-14-15-19-22-30-25(28)23-27(2)26(29)24-20-17-16-18-21-24/h24H,3-23H2,1-2H3. The lowest BCUT2D eigenvalue weighted by molar-refractivity contribution is -0.150. The van der Waals surface area contributed by atoms with Gasteiger partial charge in [-0.2, -0.15) is 0 Å². The zero-order valence-electron chi connectivity index (χ0n) is 20.1. The van der Waals surface area contributed by atoms with Gasteiger partial charge in [-0.25, -0.2) is 0 Å². The molecule has 0 unspecified atom stereocenters. The highest BCUT2D eigenvalue weighted by Crippen LogP contribution is 2.25. The van der Waals surface area contributed by atoms with Gasteiger partial charge in [-0.15, -0.1) is 0 Å². The minimum absolute atomic E-state index is 0.0912. The van der Waals surface area contributed by atoms with E-state index in [1.54, 1.807) is 11.9 Å². The highest BCUT2D eigenvalue weighted by atomic mass is 16.5. The SMILES string of the molecule is CCCCCCCCCCCCCCCCOC(=O)CN(C)C(=O)C1CCCCC1. The number of hydrogen-bond donors (Lipinski definition) is 0. The van der Waals surface area contributed by atoms with Crippen molar-refractivity contribution in [1.82, 2.24) is 4.90 Å². The first-order chi connectivity index (χ1) is 14.6. The van der Waals surface area contributed by atoms with E-state index in [1.165, 1.54) is 83.5 Å². The molecular formula is C26H49NO3. The lowest BCUT2D eigenvalue weighted by Crippen LogP contribution is -2.38. The highest BCUT2D eigenvalue weighted by Gasteiger charge is 2.25. The van der Waals surface area contributed by atoms with Gasteiger partial charge in [-0.05, 0) is 19.3 Å². The maximum Gasteiger partial charge on any atom is 0.325 e. The molecular weight excluding hydrogens is 374 g/mol. The van der Waals surface area contributed by atoms with Crippen LogP contribution in [0.3, 0.4) is 0 Å². The number of rotatable bonds is 18. The van der Waals surface area contributed by atoms with Crippen molar-refractivity contribution in [1.29, 1.82) is 0 Å². The first-order valence-corrected chi connectivity index (χ1v) is 13.1. The molecule has 0 bridgehead atoms. The normalized spacial score (nSPS) is 14.6. The van der Waals surface area contributed by atoms with Gasteiger partial charge in [0, 0.05) is 13.0 Å². The van der Waals surface area contributed by atoms with Crippen LogP contribution in [0.4, 0.5) is 0 Å². The number of nitrogens with zero attached hydrogens (tertiary/aromatic N) is 1. The number of ether oxygens (including phenoxy) is 1. The highest BCUT2D eigenvalue weighted by molar-refractivity contribution is 5.83. The van der Waals surface area contributed by atoms with Crippen molar-refractivity contribution < 1.29 is 14.3 Å². The molecule has 1 saturated carbocycles. The third kappa shape index (κ3) is 14.0. The Morgan fingerprint density at radius 1 is 0.733 bits per heavy atom. The molecule has 0 aromatic carbocycles. The molecule has 1 aliphatic rings. The molecule has 0 aromatic heterocycles. The van der Waals surface area contributed by atoms with Crippen LogP contribution in [-0.2, 0) is 14.3 Å². The van der Waals surface area contributed by atoms with Gasteiger partial charge in [-0.3, -0.25) is 9.59 Å². The number of hydrogen-bond acceptors (Lipinski definition) is 3. The minimum atomic E-state index is -0.267. The van der Waals surface area contributed by atoms with Crippen molar-refractivity contribution in [3.05, 3.63) is 0 Å². The number of carbonyl (C=O) groups excluding carboxylic acids is 2. The van der Waals surface area contributed by atoms with Gasteiger partial charge in [0.05, 0.1) is 6.61 Å². The van der Waals surface area contributed by atoms with Crippen LogP contribution >= 0.6 is 0 Å². The van der Waals surface area contributed by atoms with Crippen LogP contribution < -0.4 is 0 Å². The topological polar surface area (TPSA) is 46.6 Å². The maximum absolute atomic E-state index is 12.4. The molecule has 1 rings (SSSR count). The molecule has 4 heteroatoms. The van der Waals surface area contributed by atoms with E-state index >= 15 is 0 Å². The zero-order valence-corrected chi connectivity index (χ0v) is 20.1. The summed E-state index contributed by atoms with van der Waals surface area (Å²) in [6.07, 6.45) is 23.9. The molecule has 30 heavy (non-hydrogen) atoms. The fourth-order valence-electron chi connectivity index (χ4n) is 4.46. The second-order valence-corrected chi connectivity index (χ2v) is 9.35. The molecule has 0 N–H and O–H groups in total. The molecule has 1 amide bonds. The van der Waals surface area contributed by atoms with Gasteiger partial charge in [-0.1, -0.05) is 110 Å². The van der Waals surface area contributed by atoms with Gasteiger partial charge in [0.15, 0.2) is 0 Å². The van der Waals surface area contributed by atoms with Crippen molar-refractivity contribution >= 4 is 11.9 Å². The predicted octanol–water partition coefficient (Wildman–Crippen LogP) is 7.05. The van der Waals surface area contributed by atoms with E-state index < -0.39 is 0 Å². The van der Waals surface area contributed by atoms with E-state index in [4.69, 9.17) is 4.74 Å². The van der Waals surface area contributed by atoms with E-state index in [1.807, 2.05) is 0 Å². The Kier molecular flexibility index (Phi) is 16.8. The summed E-state index contributed by atoms with van der Waals surface area (Å²) in [4.78, 5) is 25.9. The number of amides is 1. The Balaban J connectivity index is 1.86. The fraction of sp³-hybridized carbons (Fsp3) is 0.923. The Morgan fingerprint density at radius 2 is 1.20 bits per heavy atom. The first kappa shape index (κ1) is 27.0. The van der Waals surface area contributed by atoms with Crippen molar-refractivity contribution in [2.45, 2.75) is 129 Å². The van der Waals surface area contributed by atoms with E-state index in [0.29, 0.717) is 6.61 Å². The number of unbranched alkanes of at least 4 members (excludes halogenated alkanes) is 13. The largest absolute Gasteiger partial charge is 0.464 e. The van der Waals surface area contributed by atoms with Crippen molar-refractivity contribution in [3.63, 3.8) is 0 Å². The average molecular weight is 424 g/mol. The lowest BCUT2D eigenvalue weighted by atomic mass is 9.88. The first-order valence-electron chi connectivity index (χ1n) is 13.1. The molecule has 0 aliphatic heterocycles. The van der Waals surface area contributed by atoms with Gasteiger partial charge in [0.1, 0.15) is 6.54 Å². The second kappa shape index (κ2) is 18.7. The molecule has 0 heterocycles. The van der Waals surface area contributed by atoms with Crippen molar-refractivity contribution in [3.8, 4) is 0 Å². The molecule has 176 valence electrons. The third-order valence-corrected chi connectivity index (χ3v) is 6.46. The van der Waals surface area contributed by atoms with Crippen LogP contribution in [0.1, 0.15) is 129 Å². The van der Waals surface area contributed by atoms with E-state index in [2.05, 4.69) is 6.92 Å². The molecule has 0 atom stereocenters. The van der Waals surface area contributed by atoms with Crippen molar-refractivity contribution in [2.24, 2.45) is 5.92 Å². The Morgan fingerprint density at radius 3 is 1.70 bits per heavy atom. The lowest BCUT2D eigenvalue weighted by Gasteiger charge is -2.25. The monoisotopic (exact) mass is 423 g/mol. The van der Waals surface area contributed by atoms with Gasteiger partial charge >= 0.3 is 5.97 Å². The summed E-state index contributed by atoms with van der Waals surface area (Å²) in [6.45, 7) is 2.85. The van der Waals surface area contributed by atoms with Crippen LogP contribution in [0.2, 0.25) is 0 Å². The number of esters is 1. The minimum Gasteiger partial charge on any atom is -0.464 e. The Labute approximate surface area is 186 Å². The summed E-state index contributed by atoms with van der Waals surface area (Å²) in [6, 6.07) is 0. The number of carbonyl (C=O) groups is 2. The van der Waals surface area contributed by atoms with Crippen LogP contribution in [0.5, 0.6) is 0 Å². The van der Waals surface area contributed by atoms with E-state index in [-0.39, 0.29) is 24.3 Å². The smallest absolute Gasteiger partial charge is 0.325 e. The molecule has 0 saturated heterocycles. The molecule has 0 spiro atoms. The maximum atomic E-state index is 12.4. The summed E-state index contributed by atoms with van der Waals surface area (Å²) >= 11 is 0. The second-order valence-electron chi connectivity index (χ2n) is 9.35. The summed E-state index contributed by atoms with van der Waals surface area (Å²) < 4.78 is 5.32. The Bertz CT molecular complexity index is 432. The van der Waals surface area contributed by atoms with Crippen LogP contribution in [0.25, 0.3) is 0 Å². The predicted molar refractivity (Wildman–Crippen MR) is 125 cm³/mol. The number of likely N-dealkylation sites (N-methyl/N-ethyl adjacent to an activating group) is 1. The third-order valence-electron chi connectivity index (χ3n) is 6.46. The van der Waals surface area contributed by atoms with Crippen LogP contribution in [0, 0.1) is 5.92 Å². The van der Waals surface area contributed by atoms with Gasteiger partial charge < -0.3 is 9.64 Å². The Hall–Kier alpha value is -1.06. The van der Waals surface area contributed by atoms with Crippen LogP contribution in [-0.4, -0.2) is 37.0 Å². The summed E-state index contributed by atoms with van der Waals surface area (Å²) in [7, 11) is 1.73. The van der Waals surface area contributed by atoms with Crippen molar-refractivity contribution in [2.75, 3.05) is 20.2 Å².